The van der Waals surface area contributed by atoms with Gasteiger partial charge in [-0.15, -0.1) is 0 Å². The van der Waals surface area contributed by atoms with Gasteiger partial charge in [0.05, 0.1) is 24.9 Å². The Morgan fingerprint density at radius 2 is 1.71 bits per heavy atom. The van der Waals surface area contributed by atoms with E-state index < -0.39 is 11.6 Å². The van der Waals surface area contributed by atoms with Gasteiger partial charge in [-0.1, -0.05) is 67.8 Å². The quantitative estimate of drug-likeness (QED) is 0.543. The Morgan fingerprint density at radius 3 is 2.32 bits per heavy atom. The second kappa shape index (κ2) is 8.94. The monoisotopic (exact) mass is 466 g/mol. The van der Waals surface area contributed by atoms with Crippen LogP contribution in [-0.2, 0) is 18.9 Å². The molecule has 0 aliphatic carbocycles. The van der Waals surface area contributed by atoms with Gasteiger partial charge in [-0.2, -0.15) is 0 Å². The lowest BCUT2D eigenvalue weighted by Crippen LogP contribution is -2.36. The first-order valence-corrected chi connectivity index (χ1v) is 15.0. The van der Waals surface area contributed by atoms with Crippen LogP contribution >= 0.6 is 15.8 Å². The summed E-state index contributed by atoms with van der Waals surface area (Å²) in [4.78, 5) is 0. The fraction of sp³-hybridized carbons (Fsp3) is 0.760. The Balaban J connectivity index is 1.65. The van der Waals surface area contributed by atoms with Gasteiger partial charge in [-0.25, -0.2) is 0 Å². The molecular formula is C25H40O4P2. The van der Waals surface area contributed by atoms with E-state index in [4.69, 9.17) is 18.9 Å². The van der Waals surface area contributed by atoms with Crippen LogP contribution in [0.2, 0.25) is 0 Å². The maximum Gasteiger partial charge on any atom is 0.163 e. The smallest absolute Gasteiger partial charge is 0.163 e. The van der Waals surface area contributed by atoms with E-state index in [1.165, 1.54) is 0 Å². The van der Waals surface area contributed by atoms with Crippen molar-refractivity contribution in [3.8, 4) is 0 Å². The molecule has 6 heteroatoms. The zero-order valence-electron chi connectivity index (χ0n) is 20.4. The first kappa shape index (κ1) is 24.1. The van der Waals surface area contributed by atoms with Gasteiger partial charge in [0.1, 0.15) is 0 Å². The summed E-state index contributed by atoms with van der Waals surface area (Å²) in [5, 5.41) is 3.14. The first-order chi connectivity index (χ1) is 14.6. The number of benzene rings is 1. The van der Waals surface area contributed by atoms with Crippen molar-refractivity contribution in [3.63, 3.8) is 0 Å². The molecule has 0 aromatic heterocycles. The van der Waals surface area contributed by atoms with E-state index in [1.54, 1.807) is 10.6 Å². The van der Waals surface area contributed by atoms with Crippen molar-refractivity contribution >= 4 is 26.5 Å². The van der Waals surface area contributed by atoms with Gasteiger partial charge < -0.3 is 18.9 Å². The second-order valence-corrected chi connectivity index (χ2v) is 15.7. The predicted molar refractivity (Wildman–Crippen MR) is 132 cm³/mol. The average Bonchev–Trinajstić information content (AvgIpc) is 3.32. The van der Waals surface area contributed by atoms with Gasteiger partial charge in [0, 0.05) is 17.0 Å². The summed E-state index contributed by atoms with van der Waals surface area (Å²) in [7, 11) is -0.712. The largest absolute Gasteiger partial charge is 0.348 e. The molecule has 4 nitrogen and oxygen atoms in total. The van der Waals surface area contributed by atoms with Gasteiger partial charge in [0.15, 0.2) is 11.6 Å². The molecule has 3 aliphatic rings. The van der Waals surface area contributed by atoms with Crippen LogP contribution < -0.4 is 10.6 Å². The summed E-state index contributed by atoms with van der Waals surface area (Å²) < 4.78 is 25.1. The molecule has 31 heavy (non-hydrogen) atoms. The van der Waals surface area contributed by atoms with Crippen molar-refractivity contribution in [1.82, 2.24) is 0 Å². The fourth-order valence-electron chi connectivity index (χ4n) is 5.69. The SMILES string of the molecule is CCC1[C@H]2OC(C)(C)O[C@@H]2[C@H](C)P1c1ccccc1P(CC)[C@@H](C)[C@@H]1COC(C)(C)O1. The Morgan fingerprint density at radius 1 is 1.03 bits per heavy atom. The number of hydrogen-bond acceptors (Lipinski definition) is 4. The molecule has 3 unspecified atom stereocenters. The third kappa shape index (κ3) is 4.51. The molecule has 3 heterocycles. The molecule has 0 N–H and O–H groups in total. The van der Waals surface area contributed by atoms with Crippen LogP contribution in [0, 0.1) is 0 Å². The third-order valence-electron chi connectivity index (χ3n) is 7.10. The summed E-state index contributed by atoms with van der Waals surface area (Å²) in [5.74, 6) is -0.932. The molecule has 1 aromatic carbocycles. The van der Waals surface area contributed by atoms with E-state index in [0.717, 1.165) is 12.6 Å². The molecule has 3 aliphatic heterocycles. The van der Waals surface area contributed by atoms with Gasteiger partial charge in [0.2, 0.25) is 0 Å². The Bertz CT molecular complexity index is 783. The minimum atomic E-state index is -0.469. The standard InChI is InChI=1S/C25H40O4P2/c1-9-19-23-22(28-25(7,8)29-23)17(4)31(19)21-14-12-11-13-20(21)30(10-2)16(3)18-15-26-24(5,6)27-18/h11-14,16-19,22-23H,9-10,15H2,1-8H3/t16-,17-,18-,19?,22+,23+,30?,31?/m0/s1. The number of hydrogen-bond donors (Lipinski definition) is 0. The van der Waals surface area contributed by atoms with E-state index >= 15 is 0 Å². The van der Waals surface area contributed by atoms with Crippen LogP contribution in [0.25, 0.3) is 0 Å². The molecule has 3 fully saturated rings. The maximum atomic E-state index is 6.44. The number of ether oxygens (including phenoxy) is 4. The van der Waals surface area contributed by atoms with E-state index in [-0.39, 0.29) is 34.2 Å². The molecule has 174 valence electrons. The van der Waals surface area contributed by atoms with Gasteiger partial charge in [-0.3, -0.25) is 0 Å². The van der Waals surface area contributed by atoms with Crippen LogP contribution in [0.15, 0.2) is 24.3 Å². The van der Waals surface area contributed by atoms with Crippen molar-refractivity contribution in [2.45, 2.75) is 109 Å². The molecule has 8 atom stereocenters. The lowest BCUT2D eigenvalue weighted by molar-refractivity contribution is -0.147. The highest BCUT2D eigenvalue weighted by molar-refractivity contribution is 7.73. The summed E-state index contributed by atoms with van der Waals surface area (Å²) in [6.07, 6.45) is 2.88. The Kier molecular flexibility index (Phi) is 6.93. The minimum absolute atomic E-state index is 0.164. The van der Waals surface area contributed by atoms with Crippen LogP contribution in [0.3, 0.4) is 0 Å². The van der Waals surface area contributed by atoms with E-state index in [9.17, 15) is 0 Å². The normalized spacial score (nSPS) is 38.2. The molecule has 0 amide bonds. The van der Waals surface area contributed by atoms with Gasteiger partial charge >= 0.3 is 0 Å². The highest BCUT2D eigenvalue weighted by Crippen LogP contribution is 2.61. The number of fused-ring (bicyclic) bond motifs is 1. The highest BCUT2D eigenvalue weighted by Gasteiger charge is 2.57. The molecule has 1 aromatic rings. The van der Waals surface area contributed by atoms with Crippen molar-refractivity contribution in [3.05, 3.63) is 24.3 Å². The van der Waals surface area contributed by atoms with Crippen LogP contribution in [0.1, 0.15) is 61.8 Å². The Hall–Kier alpha value is -0.0800. The van der Waals surface area contributed by atoms with Gasteiger partial charge in [-0.05, 0) is 50.9 Å². The highest BCUT2D eigenvalue weighted by atomic mass is 31.1. The maximum absolute atomic E-state index is 6.44. The second-order valence-electron chi connectivity index (χ2n) is 10.1. The molecular weight excluding hydrogens is 426 g/mol. The predicted octanol–water partition coefficient (Wildman–Crippen LogP) is 5.16. The van der Waals surface area contributed by atoms with Crippen molar-refractivity contribution in [2.75, 3.05) is 12.8 Å². The molecule has 0 radical (unpaired) electrons. The first-order valence-electron chi connectivity index (χ1n) is 11.9. The lowest BCUT2D eigenvalue weighted by atomic mass is 10.1. The molecule has 0 bridgehead atoms. The fourth-order valence-corrected chi connectivity index (χ4v) is 12.5. The zero-order valence-corrected chi connectivity index (χ0v) is 22.2. The lowest BCUT2D eigenvalue weighted by Gasteiger charge is -2.34. The summed E-state index contributed by atoms with van der Waals surface area (Å²) in [6, 6.07) is 9.25. The van der Waals surface area contributed by atoms with Crippen LogP contribution in [-0.4, -0.2) is 59.6 Å². The molecule has 0 spiro atoms. The summed E-state index contributed by atoms with van der Waals surface area (Å²) in [6.45, 7) is 18.3. The van der Waals surface area contributed by atoms with E-state index in [0.29, 0.717) is 23.6 Å². The van der Waals surface area contributed by atoms with Crippen LogP contribution in [0.4, 0.5) is 0 Å². The summed E-state index contributed by atoms with van der Waals surface area (Å²) in [5.41, 5.74) is 1.51. The van der Waals surface area contributed by atoms with E-state index in [1.807, 2.05) is 13.8 Å². The third-order valence-corrected chi connectivity index (χ3v) is 13.8. The zero-order chi connectivity index (χ0) is 22.6. The van der Waals surface area contributed by atoms with Gasteiger partial charge in [0.25, 0.3) is 0 Å². The van der Waals surface area contributed by atoms with Crippen molar-refractivity contribution < 1.29 is 18.9 Å². The topological polar surface area (TPSA) is 36.9 Å². The molecule has 3 saturated heterocycles. The molecule has 4 rings (SSSR count). The Labute approximate surface area is 191 Å². The van der Waals surface area contributed by atoms with Crippen LogP contribution in [0.5, 0.6) is 0 Å². The summed E-state index contributed by atoms with van der Waals surface area (Å²) >= 11 is 0. The number of rotatable bonds is 6. The molecule has 0 saturated carbocycles. The minimum Gasteiger partial charge on any atom is -0.348 e. The average molecular weight is 467 g/mol. The van der Waals surface area contributed by atoms with E-state index in [2.05, 4.69) is 65.8 Å². The van der Waals surface area contributed by atoms with Crippen molar-refractivity contribution in [2.24, 2.45) is 0 Å². The van der Waals surface area contributed by atoms with Crippen molar-refractivity contribution in [1.29, 1.82) is 0 Å².